The number of benzene rings is 1. The fourth-order valence-corrected chi connectivity index (χ4v) is 3.30. The Balaban J connectivity index is 1.78. The standard InChI is InChI=1S/C19H17FN4O2S/c1-3-10-24-18(13-6-8-21-9-7-13)22-23-19(24)27-12-16(25)14-4-5-17(26-2)15(20)11-14/h3-9,11H,1,10,12H2,2H3. The molecular formula is C19H17FN4O2S. The second-order valence-electron chi connectivity index (χ2n) is 5.50. The van der Waals surface area contributed by atoms with Crippen LogP contribution in [0.1, 0.15) is 10.4 Å². The molecule has 6 nitrogen and oxygen atoms in total. The molecular weight excluding hydrogens is 367 g/mol. The Labute approximate surface area is 160 Å². The molecule has 0 N–H and O–H groups in total. The second kappa shape index (κ2) is 8.59. The van der Waals surface area contributed by atoms with Gasteiger partial charge in [0.1, 0.15) is 0 Å². The number of Topliss-reactive ketones (excluding diaryl/α,β-unsaturated/α-hetero) is 1. The van der Waals surface area contributed by atoms with Crippen molar-refractivity contribution in [1.82, 2.24) is 19.7 Å². The van der Waals surface area contributed by atoms with E-state index in [1.54, 1.807) is 24.5 Å². The lowest BCUT2D eigenvalue weighted by atomic mass is 10.1. The Bertz CT molecular complexity index is 960. The number of carbonyl (C=O) groups is 1. The van der Waals surface area contributed by atoms with E-state index >= 15 is 0 Å². The summed E-state index contributed by atoms with van der Waals surface area (Å²) in [6.45, 7) is 4.26. The molecule has 0 unspecified atom stereocenters. The number of methoxy groups -OCH3 is 1. The van der Waals surface area contributed by atoms with E-state index < -0.39 is 5.82 Å². The molecule has 0 atom stereocenters. The molecule has 3 aromatic rings. The third kappa shape index (κ3) is 4.22. The average molecular weight is 384 g/mol. The molecule has 0 spiro atoms. The second-order valence-corrected chi connectivity index (χ2v) is 6.45. The van der Waals surface area contributed by atoms with Gasteiger partial charge in [0, 0.05) is 30.1 Å². The van der Waals surface area contributed by atoms with E-state index in [1.807, 2.05) is 16.7 Å². The Hall–Kier alpha value is -3.00. The molecule has 0 saturated carbocycles. The summed E-state index contributed by atoms with van der Waals surface area (Å²) in [6.07, 6.45) is 5.09. The summed E-state index contributed by atoms with van der Waals surface area (Å²) in [7, 11) is 1.38. The maximum atomic E-state index is 13.8. The number of halogens is 1. The van der Waals surface area contributed by atoms with Crippen molar-refractivity contribution in [3.05, 3.63) is 66.8 Å². The molecule has 8 heteroatoms. The number of pyridine rings is 1. The molecule has 0 aliphatic rings. The highest BCUT2D eigenvalue weighted by Crippen LogP contribution is 2.25. The van der Waals surface area contributed by atoms with Gasteiger partial charge >= 0.3 is 0 Å². The van der Waals surface area contributed by atoms with Gasteiger partial charge in [-0.3, -0.25) is 14.3 Å². The van der Waals surface area contributed by atoms with Crippen LogP contribution in [-0.2, 0) is 6.54 Å². The van der Waals surface area contributed by atoms with Gasteiger partial charge in [0.05, 0.1) is 12.9 Å². The highest BCUT2D eigenvalue weighted by Gasteiger charge is 2.16. The summed E-state index contributed by atoms with van der Waals surface area (Å²) >= 11 is 1.24. The largest absolute Gasteiger partial charge is 0.494 e. The number of hydrogen-bond acceptors (Lipinski definition) is 6. The van der Waals surface area contributed by atoms with Gasteiger partial charge in [0.25, 0.3) is 0 Å². The lowest BCUT2D eigenvalue weighted by Crippen LogP contribution is -2.06. The van der Waals surface area contributed by atoms with Crippen LogP contribution in [0.25, 0.3) is 11.4 Å². The molecule has 0 bridgehead atoms. The van der Waals surface area contributed by atoms with Crippen LogP contribution >= 0.6 is 11.8 Å². The van der Waals surface area contributed by atoms with E-state index in [4.69, 9.17) is 4.74 Å². The van der Waals surface area contributed by atoms with Crippen molar-refractivity contribution in [2.45, 2.75) is 11.7 Å². The highest BCUT2D eigenvalue weighted by atomic mass is 32.2. The fourth-order valence-electron chi connectivity index (χ4n) is 2.46. The molecule has 138 valence electrons. The van der Waals surface area contributed by atoms with Gasteiger partial charge < -0.3 is 4.74 Å². The number of aromatic nitrogens is 4. The highest BCUT2D eigenvalue weighted by molar-refractivity contribution is 7.99. The zero-order valence-electron chi connectivity index (χ0n) is 14.6. The molecule has 2 aromatic heterocycles. The van der Waals surface area contributed by atoms with Crippen LogP contribution in [0.4, 0.5) is 4.39 Å². The first-order chi connectivity index (χ1) is 13.1. The molecule has 0 aliphatic heterocycles. The molecule has 27 heavy (non-hydrogen) atoms. The summed E-state index contributed by atoms with van der Waals surface area (Å²) in [5.74, 6) is 0.107. The van der Waals surface area contributed by atoms with E-state index in [9.17, 15) is 9.18 Å². The average Bonchev–Trinajstić information content (AvgIpc) is 3.09. The van der Waals surface area contributed by atoms with E-state index in [1.165, 1.54) is 31.0 Å². The Kier molecular flexibility index (Phi) is 5.97. The number of thioether (sulfide) groups is 1. The first-order valence-corrected chi connectivity index (χ1v) is 9.06. The zero-order chi connectivity index (χ0) is 19.2. The number of rotatable bonds is 8. The first-order valence-electron chi connectivity index (χ1n) is 8.08. The van der Waals surface area contributed by atoms with Crippen molar-refractivity contribution in [3.8, 4) is 17.1 Å². The maximum absolute atomic E-state index is 13.8. The van der Waals surface area contributed by atoms with Crippen LogP contribution in [0.5, 0.6) is 5.75 Å². The Morgan fingerprint density at radius 1 is 1.30 bits per heavy atom. The van der Waals surface area contributed by atoms with E-state index in [0.717, 1.165) is 5.56 Å². The number of carbonyl (C=O) groups excluding carboxylic acids is 1. The predicted molar refractivity (Wildman–Crippen MR) is 101 cm³/mol. The SMILES string of the molecule is C=CCn1c(SCC(=O)c2ccc(OC)c(F)c2)nnc1-c1ccncc1. The topological polar surface area (TPSA) is 69.9 Å². The molecule has 1 aromatic carbocycles. The Morgan fingerprint density at radius 2 is 2.07 bits per heavy atom. The van der Waals surface area contributed by atoms with Crippen LogP contribution < -0.4 is 4.74 Å². The van der Waals surface area contributed by atoms with Gasteiger partial charge in [-0.25, -0.2) is 4.39 Å². The predicted octanol–water partition coefficient (Wildman–Crippen LogP) is 3.65. The van der Waals surface area contributed by atoms with Crippen LogP contribution in [-0.4, -0.2) is 38.4 Å². The van der Waals surface area contributed by atoms with Crippen molar-refractivity contribution >= 4 is 17.5 Å². The lowest BCUT2D eigenvalue weighted by molar-refractivity contribution is 0.102. The number of nitrogens with zero attached hydrogens (tertiary/aromatic N) is 4. The van der Waals surface area contributed by atoms with Crippen LogP contribution in [0.3, 0.4) is 0 Å². The minimum atomic E-state index is -0.567. The van der Waals surface area contributed by atoms with Crippen molar-refractivity contribution in [3.63, 3.8) is 0 Å². The summed E-state index contributed by atoms with van der Waals surface area (Å²) < 4.78 is 20.5. The molecule has 0 saturated heterocycles. The van der Waals surface area contributed by atoms with Crippen molar-refractivity contribution < 1.29 is 13.9 Å². The number of ether oxygens (including phenoxy) is 1. The quantitative estimate of drug-likeness (QED) is 0.335. The van der Waals surface area contributed by atoms with Crippen molar-refractivity contribution in [2.24, 2.45) is 0 Å². The van der Waals surface area contributed by atoms with Gasteiger partial charge in [-0.2, -0.15) is 0 Å². The third-order valence-electron chi connectivity index (χ3n) is 3.77. The van der Waals surface area contributed by atoms with Crippen LogP contribution in [0.15, 0.2) is 60.5 Å². The minimum Gasteiger partial charge on any atom is -0.494 e. The molecule has 0 radical (unpaired) electrons. The van der Waals surface area contributed by atoms with Gasteiger partial charge in [0.2, 0.25) is 0 Å². The summed E-state index contributed by atoms with van der Waals surface area (Å²) in [5, 5.41) is 8.99. The zero-order valence-corrected chi connectivity index (χ0v) is 15.4. The van der Waals surface area contributed by atoms with Crippen molar-refractivity contribution in [2.75, 3.05) is 12.9 Å². The fraction of sp³-hybridized carbons (Fsp3) is 0.158. The monoisotopic (exact) mass is 384 g/mol. The van der Waals surface area contributed by atoms with Gasteiger partial charge in [0.15, 0.2) is 28.3 Å². The van der Waals surface area contributed by atoms with Gasteiger partial charge in [-0.1, -0.05) is 17.8 Å². The number of hydrogen-bond donors (Lipinski definition) is 0. The molecule has 2 heterocycles. The van der Waals surface area contributed by atoms with Gasteiger partial charge in [-0.05, 0) is 30.3 Å². The van der Waals surface area contributed by atoms with Crippen LogP contribution in [0.2, 0.25) is 0 Å². The maximum Gasteiger partial charge on any atom is 0.192 e. The molecule has 0 aliphatic carbocycles. The van der Waals surface area contributed by atoms with Gasteiger partial charge in [-0.15, -0.1) is 16.8 Å². The number of allylic oxidation sites excluding steroid dienone is 1. The molecule has 0 amide bonds. The van der Waals surface area contributed by atoms with E-state index in [0.29, 0.717) is 17.5 Å². The third-order valence-corrected chi connectivity index (χ3v) is 4.74. The first kappa shape index (κ1) is 18.8. The summed E-state index contributed by atoms with van der Waals surface area (Å²) in [5.41, 5.74) is 1.15. The minimum absolute atomic E-state index is 0.104. The number of ketones is 1. The smallest absolute Gasteiger partial charge is 0.192 e. The normalized spacial score (nSPS) is 10.6. The Morgan fingerprint density at radius 3 is 2.74 bits per heavy atom. The van der Waals surface area contributed by atoms with E-state index in [2.05, 4.69) is 21.8 Å². The summed E-state index contributed by atoms with van der Waals surface area (Å²) in [4.78, 5) is 16.4. The molecule has 3 rings (SSSR count). The van der Waals surface area contributed by atoms with Crippen LogP contribution in [0, 0.1) is 5.82 Å². The van der Waals surface area contributed by atoms with E-state index in [-0.39, 0.29) is 22.8 Å². The molecule has 0 fully saturated rings. The summed E-state index contributed by atoms with van der Waals surface area (Å²) in [6, 6.07) is 7.84. The lowest BCUT2D eigenvalue weighted by Gasteiger charge is -2.08. The van der Waals surface area contributed by atoms with Crippen molar-refractivity contribution in [1.29, 1.82) is 0 Å².